The van der Waals surface area contributed by atoms with Crippen LogP contribution in [0.15, 0.2) is 140 Å². The van der Waals surface area contributed by atoms with Crippen molar-refractivity contribution >= 4 is 177 Å². The molecule has 0 saturated heterocycles. The van der Waals surface area contributed by atoms with Crippen molar-refractivity contribution in [2.75, 3.05) is 0 Å². The molecule has 304 valence electrons. The molecule has 0 aliphatic rings. The molecule has 13 aromatic rings. The van der Waals surface area contributed by atoms with Crippen molar-refractivity contribution in [3.8, 4) is 0 Å². The molecule has 0 amide bonds. The summed E-state index contributed by atoms with van der Waals surface area (Å²) in [6.45, 7) is 15.2. The Morgan fingerprint density at radius 2 is 0.703 bits per heavy atom. The number of hydrogen-bond donors (Lipinski definition) is 0. The molecule has 0 aliphatic carbocycles. The van der Waals surface area contributed by atoms with E-state index >= 15 is 0 Å². The zero-order chi connectivity index (χ0) is 43.1. The predicted molar refractivity (Wildman–Crippen MR) is 293 cm³/mol. The number of fused-ring (bicyclic) bond motifs is 21. The maximum absolute atomic E-state index is 4.05. The van der Waals surface area contributed by atoms with Gasteiger partial charge in [-0.25, -0.2) is 0 Å². The Hall–Kier alpha value is -6.62. The van der Waals surface area contributed by atoms with Gasteiger partial charge in [0.2, 0.25) is 0 Å². The van der Waals surface area contributed by atoms with E-state index in [1.807, 2.05) is 40.1 Å². The zero-order valence-electron chi connectivity index (χ0n) is 36.4. The van der Waals surface area contributed by atoms with Gasteiger partial charge in [-0.1, -0.05) is 122 Å². The minimum Gasteiger partial charge on any atom is -0.134 e. The molecule has 0 aliphatic heterocycles. The predicted octanol–water partition coefficient (Wildman–Crippen LogP) is 19.9. The van der Waals surface area contributed by atoms with E-state index < -0.39 is 0 Å². The third-order valence-corrected chi connectivity index (χ3v) is 17.7. The maximum Gasteiger partial charge on any atom is 0.0463 e. The first-order chi connectivity index (χ1) is 31.4. The summed E-state index contributed by atoms with van der Waals surface area (Å²) in [5, 5.41) is 24.0. The van der Waals surface area contributed by atoms with Crippen LogP contribution in [0.4, 0.5) is 0 Å². The lowest BCUT2D eigenvalue weighted by atomic mass is 9.90. The Kier molecular flexibility index (Phi) is 8.25. The SMILES string of the molecule is C=C/C=C\c1c(C)c2ccccc2c2cc3sc4c5c6cc7c(C)c(/C=C\C)c8ccccc8c7cc6sc5c5c6cc7c(C)c(/C=C\C)c8ccccc8c7cc6sc5c4c3cc12. The number of aryl methyl sites for hydroxylation is 3. The molecule has 3 heteroatoms. The minimum atomic E-state index is 1.26. The van der Waals surface area contributed by atoms with Gasteiger partial charge in [0.05, 0.1) is 0 Å². The van der Waals surface area contributed by atoms with Crippen LogP contribution in [0.3, 0.4) is 0 Å². The lowest BCUT2D eigenvalue weighted by Crippen LogP contribution is -1.89. The molecule has 0 spiro atoms. The van der Waals surface area contributed by atoms with E-state index in [0.29, 0.717) is 0 Å². The zero-order valence-corrected chi connectivity index (χ0v) is 38.8. The van der Waals surface area contributed by atoms with Crippen LogP contribution in [0, 0.1) is 20.8 Å². The van der Waals surface area contributed by atoms with Gasteiger partial charge in [-0.2, -0.15) is 0 Å². The van der Waals surface area contributed by atoms with Crippen LogP contribution in [0.2, 0.25) is 0 Å². The van der Waals surface area contributed by atoms with Crippen LogP contribution in [-0.4, -0.2) is 0 Å². The van der Waals surface area contributed by atoms with Crippen molar-refractivity contribution in [3.63, 3.8) is 0 Å². The first-order valence-electron chi connectivity index (χ1n) is 22.2. The molecule has 3 aromatic heterocycles. The Balaban J connectivity index is 1.27. The minimum absolute atomic E-state index is 1.26. The third kappa shape index (κ3) is 5.03. The fourth-order valence-corrected chi connectivity index (χ4v) is 15.4. The molecule has 0 fully saturated rings. The van der Waals surface area contributed by atoms with Gasteiger partial charge in [0, 0.05) is 60.5 Å². The highest BCUT2D eigenvalue weighted by atomic mass is 32.1. The van der Waals surface area contributed by atoms with Gasteiger partial charge in [-0.3, -0.25) is 0 Å². The van der Waals surface area contributed by atoms with Crippen molar-refractivity contribution in [1.82, 2.24) is 0 Å². The average Bonchev–Trinajstić information content (AvgIpc) is 4.01. The molecule has 0 N–H and O–H groups in total. The van der Waals surface area contributed by atoms with E-state index in [2.05, 4.69) is 187 Å². The third-order valence-electron chi connectivity index (χ3n) is 14.2. The van der Waals surface area contributed by atoms with E-state index in [-0.39, 0.29) is 0 Å². The van der Waals surface area contributed by atoms with Gasteiger partial charge in [0.15, 0.2) is 0 Å². The molecule has 0 radical (unpaired) electrons. The largest absolute Gasteiger partial charge is 0.134 e. The summed E-state index contributed by atoms with van der Waals surface area (Å²) in [7, 11) is 0. The van der Waals surface area contributed by atoms with Crippen LogP contribution < -0.4 is 0 Å². The molecule has 10 aromatic carbocycles. The highest BCUT2D eigenvalue weighted by Gasteiger charge is 2.25. The smallest absolute Gasteiger partial charge is 0.0463 e. The van der Waals surface area contributed by atoms with E-state index in [1.54, 1.807) is 0 Å². The van der Waals surface area contributed by atoms with Crippen LogP contribution in [0.1, 0.15) is 47.2 Å². The van der Waals surface area contributed by atoms with Gasteiger partial charge >= 0.3 is 0 Å². The molecule has 0 nitrogen and oxygen atoms in total. The first kappa shape index (κ1) is 37.9. The topological polar surface area (TPSA) is 0 Å². The summed E-state index contributed by atoms with van der Waals surface area (Å²) in [5.41, 5.74) is 7.86. The number of thiophene rings is 3. The number of rotatable bonds is 4. The summed E-state index contributed by atoms with van der Waals surface area (Å²) < 4.78 is 8.20. The second kappa shape index (κ2) is 13.9. The van der Waals surface area contributed by atoms with Crippen molar-refractivity contribution < 1.29 is 0 Å². The molecule has 0 bridgehead atoms. The van der Waals surface area contributed by atoms with Crippen molar-refractivity contribution in [2.45, 2.75) is 34.6 Å². The van der Waals surface area contributed by atoms with E-state index in [4.69, 9.17) is 0 Å². The Labute approximate surface area is 383 Å². The lowest BCUT2D eigenvalue weighted by Gasteiger charge is -2.13. The van der Waals surface area contributed by atoms with Crippen LogP contribution in [0.5, 0.6) is 0 Å². The summed E-state index contributed by atoms with van der Waals surface area (Å²) >= 11 is 5.96. The Morgan fingerprint density at radius 1 is 0.359 bits per heavy atom. The fourth-order valence-electron chi connectivity index (χ4n) is 11.3. The molecule has 64 heavy (non-hydrogen) atoms. The molecule has 0 unspecified atom stereocenters. The Bertz CT molecular complexity index is 4290. The number of allylic oxidation sites excluding steroid dienone is 4. The standard InChI is InChI=1S/C61H42S3/c1-7-10-19-38-32(4)37-20-11-12-23-41(37)49-31-55-52(28-46(38)49)58-60-56(51-27-45-34(6)36(18-9-3)40-22-14-16-25-43(40)48(45)30-54(51)63-60)59-57(61(58)64-55)50-26-44-33(5)35(17-8-2)39-21-13-15-24-42(39)47(44)29-53(50)62-59/h7-31H,1H2,2-6H3/b17-8-,18-9-,19-10-. The van der Waals surface area contributed by atoms with Crippen LogP contribution >= 0.6 is 34.0 Å². The summed E-state index contributed by atoms with van der Waals surface area (Å²) in [4.78, 5) is 0. The number of benzene rings is 10. The highest BCUT2D eigenvalue weighted by molar-refractivity contribution is 7.34. The maximum atomic E-state index is 4.05. The summed E-state index contributed by atoms with van der Waals surface area (Å²) in [6, 6.07) is 42.0. The molecular formula is C61H42S3. The van der Waals surface area contributed by atoms with E-state index in [1.165, 1.54) is 159 Å². The van der Waals surface area contributed by atoms with Crippen molar-refractivity contribution in [3.05, 3.63) is 173 Å². The quantitative estimate of drug-likeness (QED) is 0.122. The molecule has 0 saturated carbocycles. The molecule has 0 atom stereocenters. The highest BCUT2D eigenvalue weighted by Crippen LogP contribution is 2.55. The second-order valence-corrected chi connectivity index (χ2v) is 20.6. The summed E-state index contributed by atoms with van der Waals surface area (Å²) in [5.74, 6) is 0. The van der Waals surface area contributed by atoms with Crippen LogP contribution in [-0.2, 0) is 0 Å². The van der Waals surface area contributed by atoms with Crippen LogP contribution in [0.25, 0.3) is 143 Å². The van der Waals surface area contributed by atoms with E-state index in [9.17, 15) is 0 Å². The molecular weight excluding hydrogens is 829 g/mol. The van der Waals surface area contributed by atoms with Crippen molar-refractivity contribution in [1.29, 1.82) is 0 Å². The fraction of sp³-hybridized carbons (Fsp3) is 0.0820. The van der Waals surface area contributed by atoms with Gasteiger partial charge in [-0.05, 0) is 169 Å². The van der Waals surface area contributed by atoms with Crippen molar-refractivity contribution in [2.24, 2.45) is 0 Å². The average molecular weight is 871 g/mol. The summed E-state index contributed by atoms with van der Waals surface area (Å²) in [6.07, 6.45) is 15.2. The second-order valence-electron chi connectivity index (χ2n) is 17.4. The number of hydrogen-bond acceptors (Lipinski definition) is 3. The lowest BCUT2D eigenvalue weighted by molar-refractivity contribution is 1.53. The van der Waals surface area contributed by atoms with Gasteiger partial charge in [0.25, 0.3) is 0 Å². The first-order valence-corrected chi connectivity index (χ1v) is 24.6. The normalized spacial score (nSPS) is 13.0. The van der Waals surface area contributed by atoms with E-state index in [0.717, 1.165) is 0 Å². The monoisotopic (exact) mass is 870 g/mol. The van der Waals surface area contributed by atoms with Gasteiger partial charge < -0.3 is 0 Å². The Morgan fingerprint density at radius 3 is 1.12 bits per heavy atom. The molecule has 3 heterocycles. The van der Waals surface area contributed by atoms with Gasteiger partial charge in [0.1, 0.15) is 0 Å². The van der Waals surface area contributed by atoms with Gasteiger partial charge in [-0.15, -0.1) is 34.0 Å². The molecule has 13 rings (SSSR count).